The van der Waals surface area contributed by atoms with Crippen LogP contribution < -0.4 is 5.32 Å². The number of ether oxygens (including phenoxy) is 2. The molecule has 0 fully saturated rings. The van der Waals surface area contributed by atoms with Crippen LogP contribution in [-0.2, 0) is 9.47 Å². The van der Waals surface area contributed by atoms with Crippen molar-refractivity contribution in [3.63, 3.8) is 0 Å². The van der Waals surface area contributed by atoms with E-state index in [2.05, 4.69) is 19.2 Å². The summed E-state index contributed by atoms with van der Waals surface area (Å²) in [5, 5.41) is 3.51. The topological polar surface area (TPSA) is 30.5 Å². The lowest BCUT2D eigenvalue weighted by atomic mass is 10.0. The molecule has 0 amide bonds. The highest BCUT2D eigenvalue weighted by Crippen LogP contribution is 2.10. The first-order valence-corrected chi connectivity index (χ1v) is 7.12. The van der Waals surface area contributed by atoms with Crippen LogP contribution in [0.1, 0.15) is 46.0 Å². The number of rotatable bonds is 13. The van der Waals surface area contributed by atoms with Gasteiger partial charge >= 0.3 is 0 Å². The number of hydrogen-bond donors (Lipinski definition) is 1. The second-order valence-electron chi connectivity index (χ2n) is 4.61. The van der Waals surface area contributed by atoms with E-state index in [1.807, 2.05) is 0 Å². The molecule has 0 aliphatic rings. The van der Waals surface area contributed by atoms with Gasteiger partial charge in [0.05, 0.1) is 0 Å². The molecule has 0 aromatic carbocycles. The van der Waals surface area contributed by atoms with Gasteiger partial charge in [-0.1, -0.05) is 20.3 Å². The van der Waals surface area contributed by atoms with Crippen LogP contribution in [0.15, 0.2) is 0 Å². The fourth-order valence-corrected chi connectivity index (χ4v) is 1.90. The summed E-state index contributed by atoms with van der Waals surface area (Å²) >= 11 is 0. The molecule has 104 valence electrons. The molecule has 1 N–H and O–H groups in total. The Balaban J connectivity index is 3.41. The van der Waals surface area contributed by atoms with E-state index in [0.717, 1.165) is 45.2 Å². The van der Waals surface area contributed by atoms with E-state index < -0.39 is 0 Å². The summed E-state index contributed by atoms with van der Waals surface area (Å²) in [6.45, 7) is 9.26. The highest BCUT2D eigenvalue weighted by Gasteiger charge is 2.06. The maximum absolute atomic E-state index is 5.61. The van der Waals surface area contributed by atoms with Gasteiger partial charge in [-0.05, 0) is 44.7 Å². The first kappa shape index (κ1) is 16.9. The summed E-state index contributed by atoms with van der Waals surface area (Å²) in [5.41, 5.74) is 0. The van der Waals surface area contributed by atoms with Crippen molar-refractivity contribution < 1.29 is 9.47 Å². The standard InChI is InChI=1S/C14H31NO2/c1-4-7-14(13-15-9-5-2)8-12-17-11-6-10-16-3/h14-15H,4-13H2,1-3H3. The Labute approximate surface area is 107 Å². The predicted octanol–water partition coefficient (Wildman–Crippen LogP) is 2.85. The van der Waals surface area contributed by atoms with Crippen molar-refractivity contribution in [3.8, 4) is 0 Å². The Morgan fingerprint density at radius 3 is 2.47 bits per heavy atom. The van der Waals surface area contributed by atoms with Gasteiger partial charge in [-0.3, -0.25) is 0 Å². The first-order valence-electron chi connectivity index (χ1n) is 7.12. The predicted molar refractivity (Wildman–Crippen MR) is 73.5 cm³/mol. The maximum Gasteiger partial charge on any atom is 0.0487 e. The quantitative estimate of drug-likeness (QED) is 0.506. The van der Waals surface area contributed by atoms with Crippen molar-refractivity contribution in [2.45, 2.75) is 46.0 Å². The van der Waals surface area contributed by atoms with E-state index in [9.17, 15) is 0 Å². The molecule has 0 saturated carbocycles. The minimum atomic E-state index is 0.772. The smallest absolute Gasteiger partial charge is 0.0487 e. The van der Waals surface area contributed by atoms with Crippen LogP contribution >= 0.6 is 0 Å². The average Bonchev–Trinajstić information content (AvgIpc) is 2.34. The monoisotopic (exact) mass is 245 g/mol. The Hall–Kier alpha value is -0.120. The molecule has 3 nitrogen and oxygen atoms in total. The molecule has 0 radical (unpaired) electrons. The van der Waals surface area contributed by atoms with Crippen molar-refractivity contribution >= 4 is 0 Å². The fourth-order valence-electron chi connectivity index (χ4n) is 1.90. The van der Waals surface area contributed by atoms with Crippen molar-refractivity contribution in [1.82, 2.24) is 5.32 Å². The van der Waals surface area contributed by atoms with Gasteiger partial charge in [0.2, 0.25) is 0 Å². The molecule has 1 unspecified atom stereocenters. The molecule has 3 heteroatoms. The normalized spacial score (nSPS) is 12.9. The van der Waals surface area contributed by atoms with E-state index in [1.54, 1.807) is 7.11 Å². The van der Waals surface area contributed by atoms with Crippen LogP contribution in [0.2, 0.25) is 0 Å². The van der Waals surface area contributed by atoms with Crippen LogP contribution in [0.25, 0.3) is 0 Å². The number of nitrogens with one attached hydrogen (secondary N) is 1. The van der Waals surface area contributed by atoms with Crippen molar-refractivity contribution in [2.75, 3.05) is 40.0 Å². The summed E-state index contributed by atoms with van der Waals surface area (Å²) < 4.78 is 10.6. The van der Waals surface area contributed by atoms with Gasteiger partial charge in [-0.25, -0.2) is 0 Å². The molecule has 0 spiro atoms. The molecule has 0 saturated heterocycles. The lowest BCUT2D eigenvalue weighted by Gasteiger charge is -2.16. The van der Waals surface area contributed by atoms with Crippen LogP contribution in [0, 0.1) is 5.92 Å². The first-order chi connectivity index (χ1) is 8.35. The molecule has 17 heavy (non-hydrogen) atoms. The van der Waals surface area contributed by atoms with Crippen LogP contribution in [-0.4, -0.2) is 40.0 Å². The second kappa shape index (κ2) is 13.9. The Bertz CT molecular complexity index is 142. The zero-order valence-electron chi connectivity index (χ0n) is 12.0. The summed E-state index contributed by atoms with van der Waals surface area (Å²) in [7, 11) is 1.73. The van der Waals surface area contributed by atoms with E-state index in [1.165, 1.54) is 25.7 Å². The molecule has 0 aromatic rings. The summed E-state index contributed by atoms with van der Waals surface area (Å²) in [6.07, 6.45) is 5.97. The number of methoxy groups -OCH3 is 1. The molecule has 0 aliphatic heterocycles. The molecular formula is C14H31NO2. The number of hydrogen-bond acceptors (Lipinski definition) is 3. The molecule has 1 atom stereocenters. The summed E-state index contributed by atoms with van der Waals surface area (Å²) in [6, 6.07) is 0. The van der Waals surface area contributed by atoms with E-state index in [-0.39, 0.29) is 0 Å². The Morgan fingerprint density at radius 2 is 1.82 bits per heavy atom. The maximum atomic E-state index is 5.61. The van der Waals surface area contributed by atoms with Crippen LogP contribution in [0.4, 0.5) is 0 Å². The minimum Gasteiger partial charge on any atom is -0.385 e. The highest BCUT2D eigenvalue weighted by atomic mass is 16.5. The van der Waals surface area contributed by atoms with Crippen molar-refractivity contribution in [3.05, 3.63) is 0 Å². The fraction of sp³-hybridized carbons (Fsp3) is 1.00. The molecular weight excluding hydrogens is 214 g/mol. The largest absolute Gasteiger partial charge is 0.385 e. The zero-order chi connectivity index (χ0) is 12.8. The highest BCUT2D eigenvalue weighted by molar-refractivity contribution is 4.62. The molecule has 0 rings (SSSR count). The van der Waals surface area contributed by atoms with Gasteiger partial charge in [0, 0.05) is 26.9 Å². The van der Waals surface area contributed by atoms with Gasteiger partial charge in [-0.15, -0.1) is 0 Å². The molecule has 0 aromatic heterocycles. The molecule has 0 aliphatic carbocycles. The lowest BCUT2D eigenvalue weighted by Crippen LogP contribution is -2.24. The molecule has 0 heterocycles. The third-order valence-corrected chi connectivity index (χ3v) is 2.86. The minimum absolute atomic E-state index is 0.772. The zero-order valence-corrected chi connectivity index (χ0v) is 12.0. The van der Waals surface area contributed by atoms with Gasteiger partial charge in [0.25, 0.3) is 0 Å². The summed E-state index contributed by atoms with van der Waals surface area (Å²) in [5.74, 6) is 0.772. The second-order valence-corrected chi connectivity index (χ2v) is 4.61. The summed E-state index contributed by atoms with van der Waals surface area (Å²) in [4.78, 5) is 0. The van der Waals surface area contributed by atoms with E-state index in [4.69, 9.17) is 9.47 Å². The third-order valence-electron chi connectivity index (χ3n) is 2.86. The van der Waals surface area contributed by atoms with E-state index >= 15 is 0 Å². The van der Waals surface area contributed by atoms with Crippen LogP contribution in [0.5, 0.6) is 0 Å². The van der Waals surface area contributed by atoms with Gasteiger partial charge < -0.3 is 14.8 Å². The van der Waals surface area contributed by atoms with Gasteiger partial charge in [-0.2, -0.15) is 0 Å². The third kappa shape index (κ3) is 12.1. The van der Waals surface area contributed by atoms with Crippen LogP contribution in [0.3, 0.4) is 0 Å². The van der Waals surface area contributed by atoms with Crippen molar-refractivity contribution in [2.24, 2.45) is 5.92 Å². The average molecular weight is 245 g/mol. The lowest BCUT2D eigenvalue weighted by molar-refractivity contribution is 0.0927. The Morgan fingerprint density at radius 1 is 1.00 bits per heavy atom. The van der Waals surface area contributed by atoms with Crippen molar-refractivity contribution in [1.29, 1.82) is 0 Å². The SMILES string of the molecule is CCCNCC(CCC)CCOCCCOC. The molecule has 0 bridgehead atoms. The van der Waals surface area contributed by atoms with E-state index in [0.29, 0.717) is 0 Å². The van der Waals surface area contributed by atoms with Gasteiger partial charge in [0.1, 0.15) is 0 Å². The van der Waals surface area contributed by atoms with Gasteiger partial charge in [0.15, 0.2) is 0 Å². The Kier molecular flexibility index (Phi) is 13.8.